The van der Waals surface area contributed by atoms with Crippen LogP contribution in [0.5, 0.6) is 0 Å². The Morgan fingerprint density at radius 3 is 2.50 bits per heavy atom. The lowest BCUT2D eigenvalue weighted by atomic mass is 10.1. The summed E-state index contributed by atoms with van der Waals surface area (Å²) in [7, 11) is 0. The molecule has 0 aliphatic heterocycles. The van der Waals surface area contributed by atoms with Crippen LogP contribution in [-0.4, -0.2) is 29.0 Å². The highest BCUT2D eigenvalue weighted by molar-refractivity contribution is 7.09. The number of nitrogens with zero attached hydrogens (tertiary/aromatic N) is 2. The molecule has 4 heteroatoms. The van der Waals surface area contributed by atoms with Crippen LogP contribution in [0.25, 0.3) is 0 Å². The minimum absolute atomic E-state index is 0.677. The van der Waals surface area contributed by atoms with Gasteiger partial charge >= 0.3 is 0 Å². The Morgan fingerprint density at radius 2 is 1.95 bits per heavy atom. The van der Waals surface area contributed by atoms with Gasteiger partial charge < -0.3 is 5.32 Å². The van der Waals surface area contributed by atoms with Gasteiger partial charge in [-0.05, 0) is 25.3 Å². The molecule has 0 aliphatic rings. The maximum Gasteiger partial charge on any atom is 0.107 e. The van der Waals surface area contributed by atoms with Gasteiger partial charge in [-0.3, -0.25) is 4.90 Å². The van der Waals surface area contributed by atoms with Crippen LogP contribution >= 0.6 is 11.3 Å². The quantitative estimate of drug-likeness (QED) is 0.710. The molecule has 0 radical (unpaired) electrons. The molecule has 1 N–H and O–H groups in total. The summed E-state index contributed by atoms with van der Waals surface area (Å²) in [5, 5.41) is 6.77. The van der Waals surface area contributed by atoms with Gasteiger partial charge in [0.15, 0.2) is 0 Å². The highest BCUT2D eigenvalue weighted by Crippen LogP contribution is 2.17. The lowest BCUT2D eigenvalue weighted by molar-refractivity contribution is 0.156. The van der Waals surface area contributed by atoms with Crippen molar-refractivity contribution in [2.75, 3.05) is 13.1 Å². The smallest absolute Gasteiger partial charge is 0.107 e. The highest BCUT2D eigenvalue weighted by atomic mass is 32.1. The average molecular weight is 298 g/mol. The van der Waals surface area contributed by atoms with Crippen LogP contribution in [0.4, 0.5) is 0 Å². The summed E-state index contributed by atoms with van der Waals surface area (Å²) in [6.07, 6.45) is 2.44. The Balaban J connectivity index is 2.65. The summed E-state index contributed by atoms with van der Waals surface area (Å²) in [4.78, 5) is 7.37. The lowest BCUT2D eigenvalue weighted by Crippen LogP contribution is -2.36. The van der Waals surface area contributed by atoms with E-state index in [-0.39, 0.29) is 0 Å². The third kappa shape index (κ3) is 5.90. The summed E-state index contributed by atoms with van der Waals surface area (Å²) < 4.78 is 0. The second-order valence-corrected chi connectivity index (χ2v) is 6.75. The maximum absolute atomic E-state index is 4.76. The molecular weight excluding hydrogens is 266 g/mol. The van der Waals surface area contributed by atoms with Gasteiger partial charge in [-0.25, -0.2) is 4.98 Å². The molecule has 0 spiro atoms. The fourth-order valence-electron chi connectivity index (χ4n) is 2.56. The normalized spacial score (nSPS) is 12.0. The molecule has 1 aromatic heterocycles. The second-order valence-electron chi connectivity index (χ2n) is 5.81. The Labute approximate surface area is 128 Å². The van der Waals surface area contributed by atoms with Crippen LogP contribution in [0.15, 0.2) is 5.38 Å². The van der Waals surface area contributed by atoms with Crippen molar-refractivity contribution in [2.45, 2.75) is 66.6 Å². The van der Waals surface area contributed by atoms with Crippen molar-refractivity contribution >= 4 is 11.3 Å². The molecule has 0 saturated heterocycles. The van der Waals surface area contributed by atoms with E-state index in [4.69, 9.17) is 4.98 Å². The van der Waals surface area contributed by atoms with Gasteiger partial charge in [-0.2, -0.15) is 0 Å². The SMILES string of the molecule is CCNCc1nc(CN(CC(C)C)C(CC)CC)cs1. The summed E-state index contributed by atoms with van der Waals surface area (Å²) in [5.41, 5.74) is 1.23. The first-order valence-electron chi connectivity index (χ1n) is 7.98. The molecule has 0 atom stereocenters. The molecule has 0 unspecified atom stereocenters. The average Bonchev–Trinajstić information content (AvgIpc) is 2.84. The van der Waals surface area contributed by atoms with Crippen LogP contribution in [0.3, 0.4) is 0 Å². The molecule has 0 amide bonds. The number of hydrogen-bond donors (Lipinski definition) is 1. The predicted molar refractivity (Wildman–Crippen MR) is 89.1 cm³/mol. The first-order chi connectivity index (χ1) is 9.60. The molecule has 0 aromatic carbocycles. The Morgan fingerprint density at radius 1 is 1.25 bits per heavy atom. The van der Waals surface area contributed by atoms with E-state index in [1.54, 1.807) is 11.3 Å². The van der Waals surface area contributed by atoms with Crippen molar-refractivity contribution in [3.05, 3.63) is 16.1 Å². The van der Waals surface area contributed by atoms with Crippen LogP contribution in [0.1, 0.15) is 58.2 Å². The van der Waals surface area contributed by atoms with Gasteiger partial charge in [-0.1, -0.05) is 34.6 Å². The van der Waals surface area contributed by atoms with Crippen molar-refractivity contribution in [1.29, 1.82) is 0 Å². The van der Waals surface area contributed by atoms with Crippen LogP contribution in [-0.2, 0) is 13.1 Å². The number of thiazole rings is 1. The van der Waals surface area contributed by atoms with Crippen LogP contribution in [0, 0.1) is 5.92 Å². The Kier molecular flexibility index (Phi) is 8.34. The first-order valence-corrected chi connectivity index (χ1v) is 8.86. The standard InChI is InChI=1S/C16H31N3S/c1-6-15(7-2)19(10-13(4)5)11-14-12-20-16(18-14)9-17-8-3/h12-13,15,17H,6-11H2,1-5H3. The van der Waals surface area contributed by atoms with E-state index in [1.807, 2.05) is 0 Å². The third-order valence-electron chi connectivity index (χ3n) is 3.55. The predicted octanol–water partition coefficient (Wildman–Crippen LogP) is 3.90. The van der Waals surface area contributed by atoms with E-state index >= 15 is 0 Å². The molecular formula is C16H31N3S. The van der Waals surface area contributed by atoms with Crippen LogP contribution in [0.2, 0.25) is 0 Å². The molecule has 20 heavy (non-hydrogen) atoms. The van der Waals surface area contributed by atoms with Gasteiger partial charge in [-0.15, -0.1) is 11.3 Å². The third-order valence-corrected chi connectivity index (χ3v) is 4.45. The molecule has 116 valence electrons. The maximum atomic E-state index is 4.76. The minimum atomic E-state index is 0.677. The molecule has 1 heterocycles. The summed E-state index contributed by atoms with van der Waals surface area (Å²) in [6.45, 7) is 15.4. The van der Waals surface area contributed by atoms with E-state index in [1.165, 1.54) is 23.5 Å². The molecule has 1 aromatic rings. The van der Waals surface area contributed by atoms with Gasteiger partial charge in [0.2, 0.25) is 0 Å². The van der Waals surface area contributed by atoms with Gasteiger partial charge in [0.05, 0.1) is 5.69 Å². The van der Waals surface area contributed by atoms with Crippen molar-refractivity contribution in [1.82, 2.24) is 15.2 Å². The molecule has 0 bridgehead atoms. The zero-order valence-electron chi connectivity index (χ0n) is 13.8. The monoisotopic (exact) mass is 297 g/mol. The van der Waals surface area contributed by atoms with E-state index in [0.29, 0.717) is 12.0 Å². The van der Waals surface area contributed by atoms with Crippen molar-refractivity contribution in [3.8, 4) is 0 Å². The Bertz CT molecular complexity index is 358. The number of nitrogens with one attached hydrogen (secondary N) is 1. The number of hydrogen-bond acceptors (Lipinski definition) is 4. The van der Waals surface area contributed by atoms with Crippen LogP contribution < -0.4 is 5.32 Å². The summed E-state index contributed by atoms with van der Waals surface area (Å²) >= 11 is 1.78. The summed E-state index contributed by atoms with van der Waals surface area (Å²) in [5.74, 6) is 0.704. The van der Waals surface area contributed by atoms with E-state index < -0.39 is 0 Å². The lowest BCUT2D eigenvalue weighted by Gasteiger charge is -2.31. The second kappa shape index (κ2) is 9.48. The van der Waals surface area contributed by atoms with Gasteiger partial charge in [0, 0.05) is 31.1 Å². The van der Waals surface area contributed by atoms with E-state index in [0.717, 1.165) is 26.2 Å². The van der Waals surface area contributed by atoms with Crippen molar-refractivity contribution < 1.29 is 0 Å². The van der Waals surface area contributed by atoms with E-state index in [9.17, 15) is 0 Å². The highest BCUT2D eigenvalue weighted by Gasteiger charge is 2.17. The van der Waals surface area contributed by atoms with Gasteiger partial charge in [0.1, 0.15) is 5.01 Å². The van der Waals surface area contributed by atoms with Gasteiger partial charge in [0.25, 0.3) is 0 Å². The first kappa shape index (κ1) is 17.6. The minimum Gasteiger partial charge on any atom is -0.311 e. The fraction of sp³-hybridized carbons (Fsp3) is 0.812. The van der Waals surface area contributed by atoms with Crippen molar-refractivity contribution in [2.24, 2.45) is 5.92 Å². The molecule has 0 fully saturated rings. The largest absolute Gasteiger partial charge is 0.311 e. The number of rotatable bonds is 10. The molecule has 0 saturated carbocycles. The molecule has 3 nitrogen and oxygen atoms in total. The summed E-state index contributed by atoms with van der Waals surface area (Å²) in [6, 6.07) is 0.677. The molecule has 1 rings (SSSR count). The fourth-order valence-corrected chi connectivity index (χ4v) is 3.31. The van der Waals surface area contributed by atoms with Crippen molar-refractivity contribution in [3.63, 3.8) is 0 Å². The van der Waals surface area contributed by atoms with E-state index in [2.05, 4.69) is 50.2 Å². The molecule has 0 aliphatic carbocycles. The zero-order chi connectivity index (χ0) is 15.0. The topological polar surface area (TPSA) is 28.2 Å². The zero-order valence-corrected chi connectivity index (χ0v) is 14.6. The number of aromatic nitrogens is 1. The Hall–Kier alpha value is -0.450.